The van der Waals surface area contributed by atoms with Crippen molar-refractivity contribution < 1.29 is 4.74 Å². The maximum absolute atomic E-state index is 5.63. The highest BCUT2D eigenvalue weighted by atomic mass is 16.5. The molecule has 4 heteroatoms. The molecule has 0 amide bonds. The largest absolute Gasteiger partial charge is 0.492 e. The SMILES string of the molecule is c1ccc(OCCN=C(NC2CC2)NC2CC2)cc1. The molecule has 1 aromatic rings. The molecule has 102 valence electrons. The number of guanidine groups is 1. The van der Waals surface area contributed by atoms with Crippen LogP contribution < -0.4 is 15.4 Å². The summed E-state index contributed by atoms with van der Waals surface area (Å²) in [5, 5.41) is 6.89. The second-order valence-electron chi connectivity index (χ2n) is 5.23. The Morgan fingerprint density at radius 3 is 2.26 bits per heavy atom. The van der Waals surface area contributed by atoms with Gasteiger partial charge >= 0.3 is 0 Å². The maximum Gasteiger partial charge on any atom is 0.191 e. The van der Waals surface area contributed by atoms with Gasteiger partial charge in [-0.15, -0.1) is 0 Å². The zero-order valence-corrected chi connectivity index (χ0v) is 11.1. The van der Waals surface area contributed by atoms with Gasteiger partial charge < -0.3 is 15.4 Å². The quantitative estimate of drug-likeness (QED) is 0.466. The van der Waals surface area contributed by atoms with Gasteiger partial charge in [-0.3, -0.25) is 0 Å². The van der Waals surface area contributed by atoms with Gasteiger partial charge in [0.05, 0.1) is 6.54 Å². The molecule has 2 aliphatic carbocycles. The van der Waals surface area contributed by atoms with Crippen LogP contribution in [0.2, 0.25) is 0 Å². The molecule has 2 aliphatic rings. The first-order chi connectivity index (χ1) is 9.40. The van der Waals surface area contributed by atoms with Crippen molar-refractivity contribution in [2.75, 3.05) is 13.2 Å². The van der Waals surface area contributed by atoms with E-state index in [0.717, 1.165) is 11.7 Å². The second kappa shape index (κ2) is 5.95. The molecule has 3 rings (SSSR count). The smallest absolute Gasteiger partial charge is 0.191 e. The average Bonchev–Trinajstić information content (AvgIpc) is 3.32. The third-order valence-corrected chi connectivity index (χ3v) is 3.21. The van der Waals surface area contributed by atoms with Crippen molar-refractivity contribution in [2.45, 2.75) is 37.8 Å². The fraction of sp³-hybridized carbons (Fsp3) is 0.533. The number of rotatable bonds is 6. The first kappa shape index (κ1) is 12.3. The Morgan fingerprint density at radius 1 is 1.05 bits per heavy atom. The van der Waals surface area contributed by atoms with E-state index in [1.165, 1.54) is 25.7 Å². The molecule has 0 bridgehead atoms. The number of nitrogens with one attached hydrogen (secondary N) is 2. The lowest BCUT2D eigenvalue weighted by atomic mass is 10.3. The third kappa shape index (κ3) is 4.47. The molecule has 2 saturated carbocycles. The van der Waals surface area contributed by atoms with Crippen LogP contribution in [0.25, 0.3) is 0 Å². The maximum atomic E-state index is 5.63. The summed E-state index contributed by atoms with van der Waals surface area (Å²) in [6.07, 6.45) is 5.08. The van der Waals surface area contributed by atoms with Gasteiger partial charge in [0.2, 0.25) is 0 Å². The molecule has 0 spiro atoms. The Kier molecular flexibility index (Phi) is 3.86. The third-order valence-electron chi connectivity index (χ3n) is 3.21. The van der Waals surface area contributed by atoms with E-state index < -0.39 is 0 Å². The van der Waals surface area contributed by atoms with E-state index in [4.69, 9.17) is 4.74 Å². The van der Waals surface area contributed by atoms with Crippen LogP contribution in [0.3, 0.4) is 0 Å². The molecule has 2 N–H and O–H groups in total. The minimum absolute atomic E-state index is 0.617. The summed E-state index contributed by atoms with van der Waals surface area (Å²) in [5.74, 6) is 1.87. The summed E-state index contributed by atoms with van der Waals surface area (Å²) >= 11 is 0. The summed E-state index contributed by atoms with van der Waals surface area (Å²) < 4.78 is 5.63. The summed E-state index contributed by atoms with van der Waals surface area (Å²) in [6.45, 7) is 1.30. The second-order valence-corrected chi connectivity index (χ2v) is 5.23. The van der Waals surface area contributed by atoms with Crippen molar-refractivity contribution in [3.05, 3.63) is 30.3 Å². The van der Waals surface area contributed by atoms with E-state index in [0.29, 0.717) is 25.2 Å². The molecule has 0 saturated heterocycles. The zero-order valence-electron chi connectivity index (χ0n) is 11.1. The highest BCUT2D eigenvalue weighted by Crippen LogP contribution is 2.21. The Morgan fingerprint density at radius 2 is 1.68 bits per heavy atom. The monoisotopic (exact) mass is 259 g/mol. The number of hydrogen-bond donors (Lipinski definition) is 2. The molecule has 0 aliphatic heterocycles. The number of para-hydroxylation sites is 1. The van der Waals surface area contributed by atoms with Crippen molar-refractivity contribution >= 4 is 5.96 Å². The van der Waals surface area contributed by atoms with Crippen molar-refractivity contribution in [1.29, 1.82) is 0 Å². The van der Waals surface area contributed by atoms with Gasteiger partial charge in [0, 0.05) is 12.1 Å². The van der Waals surface area contributed by atoms with E-state index in [1.54, 1.807) is 0 Å². The molecular formula is C15H21N3O. The summed E-state index contributed by atoms with van der Waals surface area (Å²) in [4.78, 5) is 4.57. The Bertz CT molecular complexity index is 408. The molecular weight excluding hydrogens is 238 g/mol. The van der Waals surface area contributed by atoms with Crippen LogP contribution in [-0.4, -0.2) is 31.2 Å². The van der Waals surface area contributed by atoms with Gasteiger partial charge in [0.15, 0.2) is 5.96 Å². The number of hydrogen-bond acceptors (Lipinski definition) is 2. The molecule has 0 unspecified atom stereocenters. The number of nitrogens with zero attached hydrogens (tertiary/aromatic N) is 1. The van der Waals surface area contributed by atoms with Gasteiger partial charge in [-0.25, -0.2) is 4.99 Å². The Hall–Kier alpha value is -1.71. The topological polar surface area (TPSA) is 45.6 Å². The minimum Gasteiger partial charge on any atom is -0.492 e. The zero-order chi connectivity index (χ0) is 12.9. The van der Waals surface area contributed by atoms with Crippen molar-refractivity contribution in [3.63, 3.8) is 0 Å². The fourth-order valence-electron chi connectivity index (χ4n) is 1.81. The fourth-order valence-corrected chi connectivity index (χ4v) is 1.81. The van der Waals surface area contributed by atoms with Crippen LogP contribution in [-0.2, 0) is 0 Å². The lowest BCUT2D eigenvalue weighted by Gasteiger charge is -2.11. The number of benzene rings is 1. The van der Waals surface area contributed by atoms with Crippen LogP contribution >= 0.6 is 0 Å². The molecule has 0 aromatic heterocycles. The van der Waals surface area contributed by atoms with E-state index in [-0.39, 0.29) is 0 Å². The van der Waals surface area contributed by atoms with E-state index in [2.05, 4.69) is 15.6 Å². The van der Waals surface area contributed by atoms with Gasteiger partial charge in [-0.1, -0.05) is 18.2 Å². The van der Waals surface area contributed by atoms with Crippen molar-refractivity contribution in [2.24, 2.45) is 4.99 Å². The van der Waals surface area contributed by atoms with Crippen LogP contribution in [0.1, 0.15) is 25.7 Å². The first-order valence-electron chi connectivity index (χ1n) is 7.15. The summed E-state index contributed by atoms with van der Waals surface area (Å²) in [6, 6.07) is 11.2. The number of ether oxygens (including phenoxy) is 1. The lowest BCUT2D eigenvalue weighted by molar-refractivity contribution is 0.328. The molecule has 0 atom stereocenters. The van der Waals surface area contributed by atoms with Crippen LogP contribution in [0.5, 0.6) is 5.75 Å². The van der Waals surface area contributed by atoms with E-state index in [1.807, 2.05) is 30.3 Å². The predicted molar refractivity (Wildman–Crippen MR) is 76.6 cm³/mol. The Balaban J connectivity index is 1.42. The molecule has 0 radical (unpaired) electrons. The Labute approximate surface area is 114 Å². The molecule has 19 heavy (non-hydrogen) atoms. The average molecular weight is 259 g/mol. The van der Waals surface area contributed by atoms with Gasteiger partial charge in [-0.2, -0.15) is 0 Å². The van der Waals surface area contributed by atoms with E-state index in [9.17, 15) is 0 Å². The first-order valence-corrected chi connectivity index (χ1v) is 7.15. The lowest BCUT2D eigenvalue weighted by Crippen LogP contribution is -2.40. The molecule has 1 aromatic carbocycles. The molecule has 2 fully saturated rings. The van der Waals surface area contributed by atoms with Crippen LogP contribution in [0.4, 0.5) is 0 Å². The van der Waals surface area contributed by atoms with Crippen LogP contribution in [0.15, 0.2) is 35.3 Å². The minimum atomic E-state index is 0.617. The van der Waals surface area contributed by atoms with Crippen molar-refractivity contribution in [1.82, 2.24) is 10.6 Å². The van der Waals surface area contributed by atoms with Gasteiger partial charge in [-0.05, 0) is 37.8 Å². The molecule has 0 heterocycles. The van der Waals surface area contributed by atoms with Crippen LogP contribution in [0, 0.1) is 0 Å². The van der Waals surface area contributed by atoms with Gasteiger partial charge in [0.25, 0.3) is 0 Å². The van der Waals surface area contributed by atoms with Crippen molar-refractivity contribution in [3.8, 4) is 5.75 Å². The number of aliphatic imine (C=N–C) groups is 1. The normalized spacial score (nSPS) is 17.7. The van der Waals surface area contributed by atoms with Gasteiger partial charge in [0.1, 0.15) is 12.4 Å². The standard InChI is InChI=1S/C15H21N3O/c1-2-4-14(5-3-1)19-11-10-16-15(17-12-6-7-12)18-13-8-9-13/h1-5,12-13H,6-11H2,(H2,16,17,18). The highest BCUT2D eigenvalue weighted by Gasteiger charge is 2.26. The highest BCUT2D eigenvalue weighted by molar-refractivity contribution is 5.81. The molecule has 4 nitrogen and oxygen atoms in total. The van der Waals surface area contributed by atoms with E-state index >= 15 is 0 Å². The summed E-state index contributed by atoms with van der Waals surface area (Å²) in [7, 11) is 0. The summed E-state index contributed by atoms with van der Waals surface area (Å²) in [5.41, 5.74) is 0. The predicted octanol–water partition coefficient (Wildman–Crippen LogP) is 1.93.